The molecule has 2 aromatic carbocycles. The van der Waals surface area contributed by atoms with E-state index in [1.807, 2.05) is 29.6 Å². The van der Waals surface area contributed by atoms with Crippen LogP contribution >= 0.6 is 11.3 Å². The zero-order chi connectivity index (χ0) is 19.2. The maximum absolute atomic E-state index is 12.1. The van der Waals surface area contributed by atoms with Gasteiger partial charge in [0.25, 0.3) is 0 Å². The summed E-state index contributed by atoms with van der Waals surface area (Å²) >= 11 is 1.42. The van der Waals surface area contributed by atoms with Crippen LogP contribution in [0.25, 0.3) is 17.3 Å². The number of benzene rings is 2. The Bertz CT molecular complexity index is 926. The van der Waals surface area contributed by atoms with Crippen LogP contribution in [-0.2, 0) is 4.79 Å². The first-order valence-corrected chi connectivity index (χ1v) is 9.62. The number of hydrogen-bond acceptors (Lipinski definition) is 4. The lowest BCUT2D eigenvalue weighted by Gasteiger charge is -2.05. The summed E-state index contributed by atoms with van der Waals surface area (Å²) < 4.78 is 5.12. The standard InChI is InChI=1S/C22H22N2O2S/c1-15(2)17-7-9-18(10-8-17)20-14-27-22(23-20)24-21(25)13-6-16-4-11-19(26-3)12-5-16/h4-15H,1-3H3,(H,23,24,25)/b13-6+. The first-order valence-electron chi connectivity index (χ1n) is 8.74. The number of amides is 1. The van der Waals surface area contributed by atoms with E-state index in [0.29, 0.717) is 11.0 Å². The van der Waals surface area contributed by atoms with Gasteiger partial charge in [-0.25, -0.2) is 4.98 Å². The van der Waals surface area contributed by atoms with E-state index in [9.17, 15) is 4.79 Å². The molecular weight excluding hydrogens is 356 g/mol. The second-order valence-corrected chi connectivity index (χ2v) is 7.27. The van der Waals surface area contributed by atoms with Crippen molar-refractivity contribution in [1.82, 2.24) is 4.98 Å². The Balaban J connectivity index is 1.62. The Labute approximate surface area is 163 Å². The van der Waals surface area contributed by atoms with Crippen LogP contribution < -0.4 is 10.1 Å². The minimum atomic E-state index is -0.207. The molecule has 0 aliphatic carbocycles. The van der Waals surface area contributed by atoms with Crippen molar-refractivity contribution in [2.45, 2.75) is 19.8 Å². The lowest BCUT2D eigenvalue weighted by atomic mass is 10.0. The molecule has 1 aromatic heterocycles. The van der Waals surface area contributed by atoms with E-state index in [1.54, 1.807) is 13.2 Å². The predicted octanol–water partition coefficient (Wildman–Crippen LogP) is 5.59. The van der Waals surface area contributed by atoms with E-state index in [2.05, 4.69) is 48.4 Å². The van der Waals surface area contributed by atoms with E-state index in [-0.39, 0.29) is 5.91 Å². The molecule has 3 aromatic rings. The van der Waals surface area contributed by atoms with Crippen LogP contribution in [0.4, 0.5) is 5.13 Å². The Kier molecular flexibility index (Phi) is 6.04. The van der Waals surface area contributed by atoms with E-state index < -0.39 is 0 Å². The van der Waals surface area contributed by atoms with Crippen molar-refractivity contribution >= 4 is 28.5 Å². The Hall–Kier alpha value is -2.92. The molecule has 0 unspecified atom stereocenters. The molecule has 0 saturated heterocycles. The molecule has 0 fully saturated rings. The minimum absolute atomic E-state index is 0.207. The summed E-state index contributed by atoms with van der Waals surface area (Å²) in [5, 5.41) is 5.35. The third kappa shape index (κ3) is 5.05. The van der Waals surface area contributed by atoms with Gasteiger partial charge < -0.3 is 4.74 Å². The van der Waals surface area contributed by atoms with Crippen LogP contribution in [0, 0.1) is 0 Å². The molecule has 27 heavy (non-hydrogen) atoms. The van der Waals surface area contributed by atoms with E-state index in [4.69, 9.17) is 4.74 Å². The SMILES string of the molecule is COc1ccc(/C=C/C(=O)Nc2nc(-c3ccc(C(C)C)cc3)cs2)cc1. The summed E-state index contributed by atoms with van der Waals surface area (Å²) in [5.41, 5.74) is 4.14. The molecule has 0 atom stereocenters. The fourth-order valence-electron chi connectivity index (χ4n) is 2.54. The van der Waals surface area contributed by atoms with Crippen LogP contribution in [-0.4, -0.2) is 18.0 Å². The van der Waals surface area contributed by atoms with Crippen molar-refractivity contribution in [1.29, 1.82) is 0 Å². The van der Waals surface area contributed by atoms with Gasteiger partial charge in [-0.2, -0.15) is 0 Å². The number of aromatic nitrogens is 1. The first kappa shape index (κ1) is 18.9. The van der Waals surface area contributed by atoms with Crippen molar-refractivity contribution in [3.05, 3.63) is 71.1 Å². The number of carbonyl (C=O) groups excluding carboxylic acids is 1. The van der Waals surface area contributed by atoms with Gasteiger partial charge in [-0.05, 0) is 35.3 Å². The highest BCUT2D eigenvalue weighted by Crippen LogP contribution is 2.26. The minimum Gasteiger partial charge on any atom is -0.497 e. The lowest BCUT2D eigenvalue weighted by Crippen LogP contribution is -2.07. The molecule has 0 aliphatic heterocycles. The van der Waals surface area contributed by atoms with Crippen LogP contribution in [0.15, 0.2) is 60.0 Å². The normalized spacial score (nSPS) is 11.1. The molecular formula is C22H22N2O2S. The van der Waals surface area contributed by atoms with Crippen LogP contribution in [0.2, 0.25) is 0 Å². The molecule has 1 N–H and O–H groups in total. The summed E-state index contributed by atoms with van der Waals surface area (Å²) in [6.45, 7) is 4.34. The second kappa shape index (κ2) is 8.64. The number of carbonyl (C=O) groups is 1. The van der Waals surface area contributed by atoms with Gasteiger partial charge in [0.1, 0.15) is 5.75 Å². The third-order valence-corrected chi connectivity index (χ3v) is 4.91. The first-order chi connectivity index (χ1) is 13.0. The summed E-state index contributed by atoms with van der Waals surface area (Å²) in [4.78, 5) is 16.6. The number of nitrogens with zero attached hydrogens (tertiary/aromatic N) is 1. The molecule has 5 heteroatoms. The largest absolute Gasteiger partial charge is 0.497 e. The summed E-state index contributed by atoms with van der Waals surface area (Å²) in [5.74, 6) is 1.08. The van der Waals surface area contributed by atoms with Gasteiger partial charge in [-0.3, -0.25) is 10.1 Å². The number of methoxy groups -OCH3 is 1. The Morgan fingerprint density at radius 2 is 1.81 bits per heavy atom. The second-order valence-electron chi connectivity index (χ2n) is 6.41. The van der Waals surface area contributed by atoms with Gasteiger partial charge in [0, 0.05) is 17.0 Å². The van der Waals surface area contributed by atoms with Gasteiger partial charge in [-0.1, -0.05) is 50.2 Å². The monoisotopic (exact) mass is 378 g/mol. The van der Waals surface area contributed by atoms with Crippen molar-refractivity contribution < 1.29 is 9.53 Å². The maximum atomic E-state index is 12.1. The summed E-state index contributed by atoms with van der Waals surface area (Å²) in [6.07, 6.45) is 3.26. The van der Waals surface area contributed by atoms with Crippen molar-refractivity contribution in [3.63, 3.8) is 0 Å². The lowest BCUT2D eigenvalue weighted by molar-refractivity contribution is -0.111. The third-order valence-electron chi connectivity index (χ3n) is 4.15. The molecule has 1 heterocycles. The smallest absolute Gasteiger partial charge is 0.250 e. The van der Waals surface area contributed by atoms with E-state index >= 15 is 0 Å². The van der Waals surface area contributed by atoms with Gasteiger partial charge in [0.2, 0.25) is 5.91 Å². The molecule has 0 spiro atoms. The topological polar surface area (TPSA) is 51.2 Å². The molecule has 0 aliphatic rings. The molecule has 3 rings (SSSR count). The number of nitrogens with one attached hydrogen (secondary N) is 1. The number of thiazole rings is 1. The van der Waals surface area contributed by atoms with Crippen LogP contribution in [0.1, 0.15) is 30.9 Å². The van der Waals surface area contributed by atoms with Gasteiger partial charge in [-0.15, -0.1) is 11.3 Å². The van der Waals surface area contributed by atoms with Gasteiger partial charge in [0.05, 0.1) is 12.8 Å². The fraction of sp³-hybridized carbons (Fsp3) is 0.182. The van der Waals surface area contributed by atoms with E-state index in [1.165, 1.54) is 23.0 Å². The summed E-state index contributed by atoms with van der Waals surface area (Å²) in [7, 11) is 1.62. The van der Waals surface area contributed by atoms with Gasteiger partial charge >= 0.3 is 0 Å². The Morgan fingerprint density at radius 3 is 2.44 bits per heavy atom. The zero-order valence-corrected chi connectivity index (χ0v) is 16.4. The fourth-order valence-corrected chi connectivity index (χ4v) is 3.26. The van der Waals surface area contributed by atoms with E-state index in [0.717, 1.165) is 22.6 Å². The summed E-state index contributed by atoms with van der Waals surface area (Å²) in [6, 6.07) is 15.9. The molecule has 0 radical (unpaired) electrons. The quantitative estimate of drug-likeness (QED) is 0.569. The molecule has 4 nitrogen and oxygen atoms in total. The average Bonchev–Trinajstić information content (AvgIpc) is 3.15. The van der Waals surface area contributed by atoms with Crippen LogP contribution in [0.5, 0.6) is 5.75 Å². The Morgan fingerprint density at radius 1 is 1.11 bits per heavy atom. The van der Waals surface area contributed by atoms with Crippen LogP contribution in [0.3, 0.4) is 0 Å². The zero-order valence-electron chi connectivity index (χ0n) is 15.6. The number of hydrogen-bond donors (Lipinski definition) is 1. The molecule has 0 saturated carbocycles. The van der Waals surface area contributed by atoms with Gasteiger partial charge in [0.15, 0.2) is 5.13 Å². The molecule has 1 amide bonds. The maximum Gasteiger partial charge on any atom is 0.250 e. The highest BCUT2D eigenvalue weighted by molar-refractivity contribution is 7.14. The highest BCUT2D eigenvalue weighted by atomic mass is 32.1. The van der Waals surface area contributed by atoms with Crippen molar-refractivity contribution in [3.8, 4) is 17.0 Å². The highest BCUT2D eigenvalue weighted by Gasteiger charge is 2.07. The molecule has 0 bridgehead atoms. The van der Waals surface area contributed by atoms with Crippen molar-refractivity contribution in [2.75, 3.05) is 12.4 Å². The predicted molar refractivity (Wildman–Crippen MR) is 112 cm³/mol. The number of ether oxygens (including phenoxy) is 1. The van der Waals surface area contributed by atoms with Crippen molar-refractivity contribution in [2.24, 2.45) is 0 Å². The molecule has 138 valence electrons. The number of rotatable bonds is 6. The number of anilines is 1. The average molecular weight is 378 g/mol.